The summed E-state index contributed by atoms with van der Waals surface area (Å²) in [5, 5.41) is 12.2. The summed E-state index contributed by atoms with van der Waals surface area (Å²) in [5.41, 5.74) is 4.02. The number of fused-ring (bicyclic) bond motifs is 1. The smallest absolute Gasteiger partial charge is 0.205 e. The summed E-state index contributed by atoms with van der Waals surface area (Å²) in [6.45, 7) is 4.36. The van der Waals surface area contributed by atoms with Gasteiger partial charge in [-0.05, 0) is 47.4 Å². The van der Waals surface area contributed by atoms with E-state index in [1.807, 2.05) is 35.2 Å². The molecule has 4 rings (SSSR count). The lowest BCUT2D eigenvalue weighted by molar-refractivity contribution is 0.414. The molecule has 0 spiro atoms. The standard InChI is InChI=1S/C22H23N3O2/c1-14(2)15-4-8-17(9-5-15)25-20(23)19-12-13-27-22(19)24-21(25)16-6-10-18(26-3)11-7-16/h4-14,21,23-24H,1-3H3. The summed E-state index contributed by atoms with van der Waals surface area (Å²) < 4.78 is 10.8. The van der Waals surface area contributed by atoms with Gasteiger partial charge in [0.1, 0.15) is 17.8 Å². The lowest BCUT2D eigenvalue weighted by Crippen LogP contribution is -2.42. The van der Waals surface area contributed by atoms with Crippen LogP contribution in [0.3, 0.4) is 0 Å². The minimum atomic E-state index is -0.244. The van der Waals surface area contributed by atoms with Gasteiger partial charge in [-0.1, -0.05) is 38.1 Å². The molecule has 3 aromatic rings. The molecule has 0 bridgehead atoms. The van der Waals surface area contributed by atoms with Crippen LogP contribution in [0.5, 0.6) is 5.75 Å². The zero-order valence-electron chi connectivity index (χ0n) is 15.7. The molecule has 2 heterocycles. The van der Waals surface area contributed by atoms with Crippen LogP contribution in [0.25, 0.3) is 0 Å². The molecule has 5 heteroatoms. The number of amidine groups is 1. The molecule has 0 saturated heterocycles. The number of rotatable bonds is 4. The Morgan fingerprint density at radius 2 is 1.74 bits per heavy atom. The molecule has 0 amide bonds. The predicted molar refractivity (Wildman–Crippen MR) is 108 cm³/mol. The van der Waals surface area contributed by atoms with E-state index in [-0.39, 0.29) is 6.17 Å². The van der Waals surface area contributed by atoms with Gasteiger partial charge in [0, 0.05) is 5.69 Å². The van der Waals surface area contributed by atoms with Crippen LogP contribution in [0.15, 0.2) is 65.3 Å². The van der Waals surface area contributed by atoms with Crippen molar-refractivity contribution in [2.24, 2.45) is 0 Å². The topological polar surface area (TPSA) is 61.5 Å². The van der Waals surface area contributed by atoms with E-state index >= 15 is 0 Å². The third kappa shape index (κ3) is 3.05. The first-order valence-corrected chi connectivity index (χ1v) is 9.04. The summed E-state index contributed by atoms with van der Waals surface area (Å²) in [5.74, 6) is 2.30. The van der Waals surface area contributed by atoms with E-state index in [9.17, 15) is 0 Å². The molecule has 1 aromatic heterocycles. The Bertz CT molecular complexity index is 942. The van der Waals surface area contributed by atoms with Crippen LogP contribution in [0.2, 0.25) is 0 Å². The fourth-order valence-corrected chi connectivity index (χ4v) is 3.37. The van der Waals surface area contributed by atoms with Crippen molar-refractivity contribution in [2.45, 2.75) is 25.9 Å². The zero-order chi connectivity index (χ0) is 19.0. The molecule has 2 N–H and O–H groups in total. The van der Waals surface area contributed by atoms with E-state index in [2.05, 4.69) is 43.4 Å². The Labute approximate surface area is 159 Å². The van der Waals surface area contributed by atoms with Gasteiger partial charge in [-0.25, -0.2) is 0 Å². The fraction of sp³-hybridized carbons (Fsp3) is 0.227. The molecule has 2 aromatic carbocycles. The van der Waals surface area contributed by atoms with Crippen molar-refractivity contribution < 1.29 is 9.15 Å². The average Bonchev–Trinajstić information content (AvgIpc) is 3.17. The Balaban J connectivity index is 1.77. The SMILES string of the molecule is COc1ccc(C2Nc3occc3C(=N)N2c2ccc(C(C)C)cc2)cc1. The van der Waals surface area contributed by atoms with Crippen LogP contribution >= 0.6 is 0 Å². The average molecular weight is 361 g/mol. The number of ether oxygens (including phenoxy) is 1. The van der Waals surface area contributed by atoms with Gasteiger partial charge in [0.15, 0.2) is 0 Å². The van der Waals surface area contributed by atoms with Crippen molar-refractivity contribution in [3.05, 3.63) is 77.6 Å². The normalized spacial score (nSPS) is 16.2. The highest BCUT2D eigenvalue weighted by Gasteiger charge is 2.33. The van der Waals surface area contributed by atoms with Gasteiger partial charge in [-0.15, -0.1) is 0 Å². The molecule has 1 aliphatic rings. The number of benzene rings is 2. The van der Waals surface area contributed by atoms with E-state index in [1.165, 1.54) is 5.56 Å². The molecule has 138 valence electrons. The molecule has 1 atom stereocenters. The molecule has 0 radical (unpaired) electrons. The minimum absolute atomic E-state index is 0.244. The molecule has 27 heavy (non-hydrogen) atoms. The minimum Gasteiger partial charge on any atom is -0.497 e. The monoisotopic (exact) mass is 361 g/mol. The number of anilines is 2. The molecule has 0 aliphatic carbocycles. The Morgan fingerprint density at radius 1 is 1.04 bits per heavy atom. The van der Waals surface area contributed by atoms with Gasteiger partial charge >= 0.3 is 0 Å². The largest absolute Gasteiger partial charge is 0.497 e. The van der Waals surface area contributed by atoms with Crippen molar-refractivity contribution in [3.8, 4) is 5.75 Å². The molecule has 1 unspecified atom stereocenters. The van der Waals surface area contributed by atoms with Crippen molar-refractivity contribution in [3.63, 3.8) is 0 Å². The van der Waals surface area contributed by atoms with Gasteiger partial charge in [-0.3, -0.25) is 5.41 Å². The summed E-state index contributed by atoms with van der Waals surface area (Å²) in [4.78, 5) is 1.99. The van der Waals surface area contributed by atoms with E-state index in [0.29, 0.717) is 17.6 Å². The van der Waals surface area contributed by atoms with Crippen LogP contribution in [0.1, 0.15) is 42.6 Å². The highest BCUT2D eigenvalue weighted by Crippen LogP contribution is 2.37. The number of hydrogen-bond donors (Lipinski definition) is 2. The maximum absolute atomic E-state index is 8.78. The number of nitrogens with one attached hydrogen (secondary N) is 2. The summed E-state index contributed by atoms with van der Waals surface area (Å²) >= 11 is 0. The van der Waals surface area contributed by atoms with Gasteiger partial charge in [-0.2, -0.15) is 0 Å². The maximum atomic E-state index is 8.78. The van der Waals surface area contributed by atoms with Crippen molar-refractivity contribution in [1.82, 2.24) is 0 Å². The molecule has 0 fully saturated rings. The second kappa shape index (κ2) is 6.83. The summed E-state index contributed by atoms with van der Waals surface area (Å²) in [6, 6.07) is 18.1. The van der Waals surface area contributed by atoms with Gasteiger partial charge in [0.25, 0.3) is 0 Å². The molecular weight excluding hydrogens is 338 g/mol. The predicted octanol–water partition coefficient (Wildman–Crippen LogP) is 5.37. The van der Waals surface area contributed by atoms with E-state index in [0.717, 1.165) is 22.6 Å². The lowest BCUT2D eigenvalue weighted by atomic mass is 10.0. The van der Waals surface area contributed by atoms with Crippen LogP contribution in [0.4, 0.5) is 11.6 Å². The van der Waals surface area contributed by atoms with Crippen LogP contribution in [-0.2, 0) is 0 Å². The van der Waals surface area contributed by atoms with E-state index < -0.39 is 0 Å². The first kappa shape index (κ1) is 17.2. The number of nitrogens with zero attached hydrogens (tertiary/aromatic N) is 1. The van der Waals surface area contributed by atoms with Crippen LogP contribution < -0.4 is 15.0 Å². The molecule has 5 nitrogen and oxygen atoms in total. The Hall–Kier alpha value is -3.21. The highest BCUT2D eigenvalue weighted by atomic mass is 16.5. The third-order valence-electron chi connectivity index (χ3n) is 4.96. The van der Waals surface area contributed by atoms with Gasteiger partial charge < -0.3 is 19.4 Å². The first-order chi connectivity index (χ1) is 13.1. The zero-order valence-corrected chi connectivity index (χ0v) is 15.7. The lowest BCUT2D eigenvalue weighted by Gasteiger charge is -2.38. The maximum Gasteiger partial charge on any atom is 0.205 e. The molecule has 0 saturated carbocycles. The van der Waals surface area contributed by atoms with Gasteiger partial charge in [0.05, 0.1) is 18.9 Å². The van der Waals surface area contributed by atoms with E-state index in [4.69, 9.17) is 14.6 Å². The summed E-state index contributed by atoms with van der Waals surface area (Å²) in [7, 11) is 1.65. The number of furan rings is 1. The fourth-order valence-electron chi connectivity index (χ4n) is 3.37. The Morgan fingerprint density at radius 3 is 2.37 bits per heavy atom. The van der Waals surface area contributed by atoms with Gasteiger partial charge in [0.2, 0.25) is 5.88 Å². The molecule has 1 aliphatic heterocycles. The quantitative estimate of drug-likeness (QED) is 0.656. The Kier molecular flexibility index (Phi) is 4.36. The number of methoxy groups -OCH3 is 1. The van der Waals surface area contributed by atoms with Crippen molar-refractivity contribution in [2.75, 3.05) is 17.3 Å². The van der Waals surface area contributed by atoms with Crippen LogP contribution in [0, 0.1) is 5.41 Å². The second-order valence-electron chi connectivity index (χ2n) is 6.95. The summed E-state index contributed by atoms with van der Waals surface area (Å²) in [6.07, 6.45) is 1.37. The van der Waals surface area contributed by atoms with Crippen molar-refractivity contribution >= 4 is 17.4 Å². The molecular formula is C22H23N3O2. The van der Waals surface area contributed by atoms with Crippen molar-refractivity contribution in [1.29, 1.82) is 5.41 Å². The number of hydrogen-bond acceptors (Lipinski definition) is 4. The third-order valence-corrected chi connectivity index (χ3v) is 4.96. The highest BCUT2D eigenvalue weighted by molar-refractivity contribution is 6.12. The van der Waals surface area contributed by atoms with E-state index in [1.54, 1.807) is 13.4 Å². The first-order valence-electron chi connectivity index (χ1n) is 9.04. The second-order valence-corrected chi connectivity index (χ2v) is 6.95. The van der Waals surface area contributed by atoms with Crippen LogP contribution in [-0.4, -0.2) is 12.9 Å².